The van der Waals surface area contributed by atoms with Crippen LogP contribution in [-0.4, -0.2) is 30.1 Å². The summed E-state index contributed by atoms with van der Waals surface area (Å²) in [4.78, 5) is 20.5. The summed E-state index contributed by atoms with van der Waals surface area (Å²) in [5, 5.41) is 3.79. The third-order valence-corrected chi connectivity index (χ3v) is 3.49. The molecule has 4 aromatic rings. The number of hydrogen-bond donors (Lipinski definition) is 1. The third-order valence-electron chi connectivity index (χ3n) is 3.49. The fourth-order valence-electron chi connectivity index (χ4n) is 2.35. The second-order valence-corrected chi connectivity index (χ2v) is 5.35. The molecule has 26 heavy (non-hydrogen) atoms. The fraction of sp³-hybridized carbons (Fsp3) is 0.0588. The summed E-state index contributed by atoms with van der Waals surface area (Å²) >= 11 is 0. The first-order valence-corrected chi connectivity index (χ1v) is 7.68. The highest BCUT2D eigenvalue weighted by Crippen LogP contribution is 2.21. The van der Waals surface area contributed by atoms with Crippen LogP contribution in [0.4, 0.5) is 10.3 Å². The van der Waals surface area contributed by atoms with Gasteiger partial charge in [-0.05, 0) is 17.7 Å². The van der Waals surface area contributed by atoms with Gasteiger partial charge >= 0.3 is 0 Å². The van der Waals surface area contributed by atoms with E-state index in [0.29, 0.717) is 12.2 Å². The molecular formula is C17H12FN7O. The minimum Gasteiger partial charge on any atom is -0.368 e. The summed E-state index contributed by atoms with van der Waals surface area (Å²) in [5.74, 6) is 0.0953. The quantitative estimate of drug-likeness (QED) is 0.596. The normalized spacial score (nSPS) is 10.8. The van der Waals surface area contributed by atoms with E-state index in [-0.39, 0.29) is 29.2 Å². The highest BCUT2D eigenvalue weighted by atomic mass is 19.1. The van der Waals surface area contributed by atoms with Gasteiger partial charge in [0.05, 0.1) is 0 Å². The van der Waals surface area contributed by atoms with Gasteiger partial charge in [0, 0.05) is 12.6 Å². The summed E-state index contributed by atoms with van der Waals surface area (Å²) in [6, 6.07) is 12.4. The van der Waals surface area contributed by atoms with Gasteiger partial charge in [0.2, 0.25) is 17.6 Å². The molecule has 0 saturated carbocycles. The SMILES string of the molecule is Nc1nc(Cc2ccccc2)nc(-c2noc(-c3ncccc3F)n2)n1. The first kappa shape index (κ1) is 15.8. The summed E-state index contributed by atoms with van der Waals surface area (Å²) in [7, 11) is 0. The van der Waals surface area contributed by atoms with Crippen molar-refractivity contribution in [3.8, 4) is 23.2 Å². The number of benzene rings is 1. The first-order chi connectivity index (χ1) is 12.7. The lowest BCUT2D eigenvalue weighted by atomic mass is 10.1. The van der Waals surface area contributed by atoms with E-state index in [9.17, 15) is 4.39 Å². The molecule has 128 valence electrons. The van der Waals surface area contributed by atoms with Crippen LogP contribution in [0.1, 0.15) is 11.4 Å². The average molecular weight is 349 g/mol. The average Bonchev–Trinajstić information content (AvgIpc) is 3.12. The predicted molar refractivity (Wildman–Crippen MR) is 90.0 cm³/mol. The Balaban J connectivity index is 1.67. The van der Waals surface area contributed by atoms with Crippen molar-refractivity contribution < 1.29 is 8.91 Å². The Bertz CT molecular complexity index is 1050. The lowest BCUT2D eigenvalue weighted by Gasteiger charge is -2.02. The second kappa shape index (κ2) is 6.63. The van der Waals surface area contributed by atoms with Gasteiger partial charge in [0.1, 0.15) is 5.82 Å². The maximum atomic E-state index is 13.8. The van der Waals surface area contributed by atoms with Gasteiger partial charge < -0.3 is 10.3 Å². The van der Waals surface area contributed by atoms with Crippen molar-refractivity contribution in [3.63, 3.8) is 0 Å². The predicted octanol–water partition coefficient (Wildman–Crippen LogP) is 2.30. The Morgan fingerprint density at radius 2 is 1.77 bits per heavy atom. The Morgan fingerprint density at radius 3 is 2.58 bits per heavy atom. The topological polar surface area (TPSA) is 116 Å². The first-order valence-electron chi connectivity index (χ1n) is 7.68. The molecule has 0 bridgehead atoms. The molecule has 0 amide bonds. The number of nitrogens with zero attached hydrogens (tertiary/aromatic N) is 6. The molecule has 0 radical (unpaired) electrons. The summed E-state index contributed by atoms with van der Waals surface area (Å²) in [6.45, 7) is 0. The number of pyridine rings is 1. The molecule has 0 unspecified atom stereocenters. The standard InChI is InChI=1S/C17H12FN7O/c18-11-7-4-8-20-13(11)16-23-15(25-26-16)14-21-12(22-17(19)24-14)9-10-5-2-1-3-6-10/h1-8H,9H2,(H2,19,21,22,24). The fourth-order valence-corrected chi connectivity index (χ4v) is 2.35. The zero-order valence-corrected chi connectivity index (χ0v) is 13.4. The molecule has 0 saturated heterocycles. The molecule has 1 aromatic carbocycles. The van der Waals surface area contributed by atoms with Crippen LogP contribution in [0, 0.1) is 5.82 Å². The van der Waals surface area contributed by atoms with Crippen molar-refractivity contribution in [2.75, 3.05) is 5.73 Å². The molecule has 0 aliphatic carbocycles. The van der Waals surface area contributed by atoms with Crippen molar-refractivity contribution >= 4 is 5.95 Å². The minimum absolute atomic E-state index is 0.0382. The highest BCUT2D eigenvalue weighted by Gasteiger charge is 2.18. The molecule has 3 heterocycles. The molecule has 8 nitrogen and oxygen atoms in total. The number of nitrogens with two attached hydrogens (primary N) is 1. The second-order valence-electron chi connectivity index (χ2n) is 5.35. The number of aromatic nitrogens is 6. The number of halogens is 1. The van der Waals surface area contributed by atoms with Crippen LogP contribution >= 0.6 is 0 Å². The molecule has 0 spiro atoms. The molecule has 0 atom stereocenters. The maximum absolute atomic E-state index is 13.8. The van der Waals surface area contributed by atoms with Crippen LogP contribution in [0.15, 0.2) is 53.2 Å². The molecule has 0 aliphatic heterocycles. The van der Waals surface area contributed by atoms with Crippen LogP contribution < -0.4 is 5.73 Å². The van der Waals surface area contributed by atoms with Crippen LogP contribution in [0.5, 0.6) is 0 Å². The van der Waals surface area contributed by atoms with Crippen molar-refractivity contribution in [1.29, 1.82) is 0 Å². The molecule has 9 heteroatoms. The van der Waals surface area contributed by atoms with E-state index in [1.54, 1.807) is 0 Å². The van der Waals surface area contributed by atoms with Crippen LogP contribution in [0.25, 0.3) is 23.2 Å². The van der Waals surface area contributed by atoms with Crippen LogP contribution in [0.3, 0.4) is 0 Å². The molecule has 4 rings (SSSR count). The van der Waals surface area contributed by atoms with Gasteiger partial charge in [-0.3, -0.25) is 0 Å². The smallest absolute Gasteiger partial charge is 0.279 e. The Morgan fingerprint density at radius 1 is 0.923 bits per heavy atom. The van der Waals surface area contributed by atoms with E-state index in [2.05, 4.69) is 30.1 Å². The van der Waals surface area contributed by atoms with Crippen molar-refractivity contribution in [2.45, 2.75) is 6.42 Å². The summed E-state index contributed by atoms with van der Waals surface area (Å²) < 4.78 is 18.9. The summed E-state index contributed by atoms with van der Waals surface area (Å²) in [5.41, 5.74) is 6.75. The Kier molecular flexibility index (Phi) is 4.02. The minimum atomic E-state index is -0.567. The zero-order valence-electron chi connectivity index (χ0n) is 13.4. The number of rotatable bonds is 4. The van der Waals surface area contributed by atoms with Gasteiger partial charge in [-0.2, -0.15) is 15.0 Å². The van der Waals surface area contributed by atoms with Crippen LogP contribution in [0.2, 0.25) is 0 Å². The molecule has 3 aromatic heterocycles. The van der Waals surface area contributed by atoms with E-state index < -0.39 is 5.82 Å². The van der Waals surface area contributed by atoms with Gasteiger partial charge in [0.15, 0.2) is 11.5 Å². The van der Waals surface area contributed by atoms with E-state index in [1.165, 1.54) is 18.3 Å². The molecule has 2 N–H and O–H groups in total. The van der Waals surface area contributed by atoms with E-state index in [0.717, 1.165) is 5.56 Å². The van der Waals surface area contributed by atoms with Crippen LogP contribution in [-0.2, 0) is 6.42 Å². The largest absolute Gasteiger partial charge is 0.368 e. The molecule has 0 aliphatic rings. The van der Waals surface area contributed by atoms with Crippen molar-refractivity contribution in [1.82, 2.24) is 30.1 Å². The van der Waals surface area contributed by atoms with E-state index in [1.807, 2.05) is 30.3 Å². The monoisotopic (exact) mass is 349 g/mol. The van der Waals surface area contributed by atoms with Gasteiger partial charge in [-0.15, -0.1) is 0 Å². The summed E-state index contributed by atoms with van der Waals surface area (Å²) in [6.07, 6.45) is 1.90. The van der Waals surface area contributed by atoms with Crippen molar-refractivity contribution in [2.24, 2.45) is 0 Å². The molecule has 0 fully saturated rings. The molecular weight excluding hydrogens is 337 g/mol. The maximum Gasteiger partial charge on any atom is 0.279 e. The van der Waals surface area contributed by atoms with Gasteiger partial charge in [0.25, 0.3) is 5.89 Å². The lowest BCUT2D eigenvalue weighted by molar-refractivity contribution is 0.427. The number of nitrogen functional groups attached to an aromatic ring is 1. The zero-order chi connectivity index (χ0) is 17.9. The van der Waals surface area contributed by atoms with E-state index in [4.69, 9.17) is 10.3 Å². The lowest BCUT2D eigenvalue weighted by Crippen LogP contribution is -2.06. The number of anilines is 1. The van der Waals surface area contributed by atoms with E-state index >= 15 is 0 Å². The third kappa shape index (κ3) is 3.22. The van der Waals surface area contributed by atoms with Gasteiger partial charge in [-0.25, -0.2) is 14.4 Å². The van der Waals surface area contributed by atoms with Gasteiger partial charge in [-0.1, -0.05) is 35.5 Å². The Hall–Kier alpha value is -3.75. The number of hydrogen-bond acceptors (Lipinski definition) is 8. The Labute approximate surface area is 147 Å². The van der Waals surface area contributed by atoms with Crippen molar-refractivity contribution in [3.05, 3.63) is 65.9 Å². The highest BCUT2D eigenvalue weighted by molar-refractivity contribution is 5.52.